The zero-order valence-corrected chi connectivity index (χ0v) is 18.7. The molecule has 1 N–H and O–H groups in total. The molecule has 6 heteroatoms. The van der Waals surface area contributed by atoms with Crippen LogP contribution in [0.3, 0.4) is 0 Å². The molecule has 2 fully saturated rings. The standard InChI is InChI=1S/C25H30N4OS/c30-25(20-8-1-2-9-20)26-22-11-5-3-7-19(22)13-14-28-15-17-29(18-16-28)24-21-10-4-6-12-23(21)31-27-24/h3-7,10-12,20H,1-2,8-9,13-18H2,(H,26,30). The van der Waals surface area contributed by atoms with E-state index in [1.165, 1.54) is 28.5 Å². The largest absolute Gasteiger partial charge is 0.353 e. The summed E-state index contributed by atoms with van der Waals surface area (Å²) < 4.78 is 5.98. The maximum absolute atomic E-state index is 12.6. The Labute approximate surface area is 188 Å². The van der Waals surface area contributed by atoms with E-state index in [-0.39, 0.29) is 11.8 Å². The lowest BCUT2D eigenvalue weighted by molar-refractivity contribution is -0.119. The highest BCUT2D eigenvalue weighted by Gasteiger charge is 2.24. The number of carbonyl (C=O) groups excluding carboxylic acids is 1. The van der Waals surface area contributed by atoms with Crippen molar-refractivity contribution in [3.63, 3.8) is 0 Å². The number of nitrogens with one attached hydrogen (secondary N) is 1. The summed E-state index contributed by atoms with van der Waals surface area (Å²) in [7, 11) is 0. The van der Waals surface area contributed by atoms with E-state index in [0.29, 0.717) is 0 Å². The van der Waals surface area contributed by atoms with Gasteiger partial charge in [0.05, 0.1) is 4.70 Å². The Morgan fingerprint density at radius 1 is 1.00 bits per heavy atom. The molecule has 1 aromatic heterocycles. The molecule has 0 bridgehead atoms. The maximum atomic E-state index is 12.6. The fourth-order valence-electron chi connectivity index (χ4n) is 4.85. The highest BCUT2D eigenvalue weighted by molar-refractivity contribution is 7.13. The number of piperazine rings is 1. The van der Waals surface area contributed by atoms with Crippen molar-refractivity contribution in [2.24, 2.45) is 5.92 Å². The topological polar surface area (TPSA) is 48.5 Å². The highest BCUT2D eigenvalue weighted by atomic mass is 32.1. The minimum absolute atomic E-state index is 0.197. The normalized spacial score (nSPS) is 18.0. The molecule has 5 nitrogen and oxygen atoms in total. The van der Waals surface area contributed by atoms with E-state index < -0.39 is 0 Å². The van der Waals surface area contributed by atoms with E-state index in [4.69, 9.17) is 4.37 Å². The van der Waals surface area contributed by atoms with Crippen LogP contribution in [-0.4, -0.2) is 47.9 Å². The van der Waals surface area contributed by atoms with Crippen LogP contribution in [0.2, 0.25) is 0 Å². The summed E-state index contributed by atoms with van der Waals surface area (Å²) in [6, 6.07) is 16.8. The number of hydrogen-bond acceptors (Lipinski definition) is 5. The number of anilines is 2. The number of nitrogens with zero attached hydrogens (tertiary/aromatic N) is 3. The smallest absolute Gasteiger partial charge is 0.227 e. The minimum Gasteiger partial charge on any atom is -0.353 e. The van der Waals surface area contributed by atoms with Gasteiger partial charge in [0.1, 0.15) is 5.82 Å². The first-order valence-corrected chi connectivity index (χ1v) is 12.3. The summed E-state index contributed by atoms with van der Waals surface area (Å²) in [5, 5.41) is 4.48. The van der Waals surface area contributed by atoms with Crippen LogP contribution in [0.25, 0.3) is 10.1 Å². The minimum atomic E-state index is 0.197. The molecule has 5 rings (SSSR count). The van der Waals surface area contributed by atoms with Crippen LogP contribution in [0, 0.1) is 5.92 Å². The molecular formula is C25H30N4OS. The Morgan fingerprint density at radius 3 is 2.58 bits per heavy atom. The number of para-hydroxylation sites is 1. The maximum Gasteiger partial charge on any atom is 0.227 e. The second-order valence-corrected chi connectivity index (χ2v) is 9.51. The van der Waals surface area contributed by atoms with Crippen LogP contribution in [0.5, 0.6) is 0 Å². The first-order valence-electron chi connectivity index (χ1n) is 11.5. The Balaban J connectivity index is 1.16. The van der Waals surface area contributed by atoms with Gasteiger partial charge in [0, 0.05) is 49.7 Å². The second-order valence-electron chi connectivity index (χ2n) is 8.71. The van der Waals surface area contributed by atoms with Crippen molar-refractivity contribution in [3.8, 4) is 0 Å². The van der Waals surface area contributed by atoms with Crippen LogP contribution in [0.15, 0.2) is 48.5 Å². The number of amides is 1. The average molecular weight is 435 g/mol. The summed E-state index contributed by atoms with van der Waals surface area (Å²) in [6.45, 7) is 5.12. The van der Waals surface area contributed by atoms with Crippen molar-refractivity contribution in [3.05, 3.63) is 54.1 Å². The molecule has 2 aliphatic rings. The summed E-state index contributed by atoms with van der Waals surface area (Å²) in [6.07, 6.45) is 5.39. The van der Waals surface area contributed by atoms with E-state index in [2.05, 4.69) is 51.5 Å². The predicted octanol–water partition coefficient (Wildman–Crippen LogP) is 4.79. The third kappa shape index (κ3) is 4.60. The van der Waals surface area contributed by atoms with Gasteiger partial charge in [-0.25, -0.2) is 0 Å². The van der Waals surface area contributed by atoms with Crippen molar-refractivity contribution < 1.29 is 4.79 Å². The van der Waals surface area contributed by atoms with Crippen molar-refractivity contribution in [2.45, 2.75) is 32.1 Å². The number of fused-ring (bicyclic) bond motifs is 1. The SMILES string of the molecule is O=C(Nc1ccccc1CCN1CCN(c2nsc3ccccc23)CC1)C1CCCC1. The number of carbonyl (C=O) groups is 1. The van der Waals surface area contributed by atoms with Crippen LogP contribution < -0.4 is 10.2 Å². The Morgan fingerprint density at radius 2 is 1.74 bits per heavy atom. The molecule has 0 radical (unpaired) electrons. The van der Waals surface area contributed by atoms with Gasteiger partial charge >= 0.3 is 0 Å². The fourth-order valence-corrected chi connectivity index (χ4v) is 5.64. The molecule has 162 valence electrons. The highest BCUT2D eigenvalue weighted by Crippen LogP contribution is 2.30. The molecular weight excluding hydrogens is 404 g/mol. The van der Waals surface area contributed by atoms with Crippen molar-refractivity contribution >= 4 is 39.0 Å². The fraction of sp³-hybridized carbons (Fsp3) is 0.440. The van der Waals surface area contributed by atoms with E-state index >= 15 is 0 Å². The second kappa shape index (κ2) is 9.37. The lowest BCUT2D eigenvalue weighted by atomic mass is 10.1. The lowest BCUT2D eigenvalue weighted by Crippen LogP contribution is -2.47. The zero-order chi connectivity index (χ0) is 21.0. The van der Waals surface area contributed by atoms with Gasteiger partial charge in [0.2, 0.25) is 5.91 Å². The van der Waals surface area contributed by atoms with Crippen LogP contribution in [-0.2, 0) is 11.2 Å². The van der Waals surface area contributed by atoms with Gasteiger partial charge in [0.15, 0.2) is 0 Å². The molecule has 1 saturated heterocycles. The Hall–Kier alpha value is -2.44. The molecule has 1 saturated carbocycles. The van der Waals surface area contributed by atoms with E-state index in [9.17, 15) is 4.79 Å². The third-order valence-electron chi connectivity index (χ3n) is 6.73. The quantitative estimate of drug-likeness (QED) is 0.606. The average Bonchev–Trinajstić information content (AvgIpc) is 3.49. The van der Waals surface area contributed by atoms with Gasteiger partial charge in [-0.05, 0) is 54.6 Å². The first-order chi connectivity index (χ1) is 15.3. The molecule has 0 atom stereocenters. The molecule has 1 amide bonds. The van der Waals surface area contributed by atoms with Crippen molar-refractivity contribution in [1.29, 1.82) is 0 Å². The van der Waals surface area contributed by atoms with Crippen LogP contribution >= 0.6 is 11.5 Å². The summed E-state index contributed by atoms with van der Waals surface area (Å²) >= 11 is 1.59. The summed E-state index contributed by atoms with van der Waals surface area (Å²) in [5.74, 6) is 1.54. The Bertz CT molecular complexity index is 1030. The molecule has 1 aliphatic heterocycles. The number of rotatable bonds is 6. The number of benzene rings is 2. The lowest BCUT2D eigenvalue weighted by Gasteiger charge is -2.35. The van der Waals surface area contributed by atoms with E-state index in [1.807, 2.05) is 12.1 Å². The van der Waals surface area contributed by atoms with Crippen molar-refractivity contribution in [2.75, 3.05) is 42.9 Å². The van der Waals surface area contributed by atoms with Gasteiger partial charge < -0.3 is 10.2 Å². The molecule has 2 aromatic carbocycles. The van der Waals surface area contributed by atoms with Gasteiger partial charge in [-0.2, -0.15) is 4.37 Å². The molecule has 31 heavy (non-hydrogen) atoms. The predicted molar refractivity (Wildman–Crippen MR) is 129 cm³/mol. The molecule has 0 spiro atoms. The molecule has 2 heterocycles. The van der Waals surface area contributed by atoms with Gasteiger partial charge in [-0.3, -0.25) is 9.69 Å². The van der Waals surface area contributed by atoms with Crippen LogP contribution in [0.4, 0.5) is 11.5 Å². The van der Waals surface area contributed by atoms with Gasteiger partial charge in [0.25, 0.3) is 0 Å². The van der Waals surface area contributed by atoms with E-state index in [0.717, 1.165) is 63.5 Å². The summed E-state index contributed by atoms with van der Waals surface area (Å²) in [5.41, 5.74) is 2.23. The molecule has 0 unspecified atom stereocenters. The number of hydrogen-bond donors (Lipinski definition) is 1. The summed E-state index contributed by atoms with van der Waals surface area (Å²) in [4.78, 5) is 17.5. The van der Waals surface area contributed by atoms with Crippen LogP contribution in [0.1, 0.15) is 31.2 Å². The molecule has 3 aromatic rings. The van der Waals surface area contributed by atoms with Crippen molar-refractivity contribution in [1.82, 2.24) is 9.27 Å². The van der Waals surface area contributed by atoms with Gasteiger partial charge in [-0.15, -0.1) is 0 Å². The van der Waals surface area contributed by atoms with Gasteiger partial charge in [-0.1, -0.05) is 43.2 Å². The first kappa shape index (κ1) is 20.5. The number of aromatic nitrogens is 1. The zero-order valence-electron chi connectivity index (χ0n) is 17.9. The molecule has 1 aliphatic carbocycles. The Kier molecular flexibility index (Phi) is 6.18. The van der Waals surface area contributed by atoms with E-state index in [1.54, 1.807) is 11.5 Å². The third-order valence-corrected chi connectivity index (χ3v) is 7.55. The monoisotopic (exact) mass is 434 g/mol.